The second-order valence-electron chi connectivity index (χ2n) is 8.11. The number of nitrogens with one attached hydrogen (secondary N) is 3. The molecule has 0 saturated carbocycles. The normalized spacial score (nSPS) is 15.8. The van der Waals surface area contributed by atoms with Crippen molar-refractivity contribution in [3.8, 4) is 0 Å². The second-order valence-corrected chi connectivity index (χ2v) is 8.11. The van der Waals surface area contributed by atoms with Crippen molar-refractivity contribution in [3.05, 3.63) is 48.0 Å². The van der Waals surface area contributed by atoms with E-state index in [0.29, 0.717) is 6.42 Å². The summed E-state index contributed by atoms with van der Waals surface area (Å²) >= 11 is 0. The lowest BCUT2D eigenvalue weighted by Gasteiger charge is -2.17. The number of aliphatic carboxylic acids is 1. The van der Waals surface area contributed by atoms with Gasteiger partial charge in [-0.25, -0.2) is 9.59 Å². The van der Waals surface area contributed by atoms with Crippen molar-refractivity contribution >= 4 is 46.5 Å². The molecular weight excluding hydrogens is 470 g/mol. The Kier molecular flexibility index (Phi) is 8.39. The number of amides is 5. The van der Waals surface area contributed by atoms with Crippen LogP contribution in [0, 0.1) is 0 Å². The molecule has 1 aliphatic heterocycles. The zero-order chi connectivity index (χ0) is 26.2. The summed E-state index contributed by atoms with van der Waals surface area (Å²) in [6.45, 7) is -0.761. The van der Waals surface area contributed by atoms with Crippen molar-refractivity contribution in [2.75, 3.05) is 19.6 Å². The molecule has 0 aliphatic carbocycles. The summed E-state index contributed by atoms with van der Waals surface area (Å²) in [5, 5.41) is 18.4. The Hall–Kier alpha value is -4.68. The number of hydrogen-bond donors (Lipinski definition) is 6. The van der Waals surface area contributed by atoms with E-state index in [9.17, 15) is 29.1 Å². The van der Waals surface area contributed by atoms with Gasteiger partial charge >= 0.3 is 12.0 Å². The maximum atomic E-state index is 12.6. The first-order chi connectivity index (χ1) is 17.2. The first kappa shape index (κ1) is 25.9. The highest BCUT2D eigenvalue weighted by atomic mass is 16.4. The number of carboxylic acids is 1. The Morgan fingerprint density at radius 2 is 1.83 bits per heavy atom. The molecule has 1 saturated heterocycles. The minimum atomic E-state index is -1.43. The number of carbonyl (C=O) groups excluding carboxylic acids is 4. The zero-order valence-corrected chi connectivity index (χ0v) is 19.3. The smallest absolute Gasteiger partial charge is 0.328 e. The quantitative estimate of drug-likeness (QED) is 0.0990. The van der Waals surface area contributed by atoms with E-state index in [1.165, 1.54) is 0 Å². The minimum Gasteiger partial charge on any atom is -0.480 e. The van der Waals surface area contributed by atoms with Crippen molar-refractivity contribution in [2.24, 2.45) is 16.5 Å². The van der Waals surface area contributed by atoms with Crippen LogP contribution in [0.5, 0.6) is 0 Å². The van der Waals surface area contributed by atoms with Gasteiger partial charge in [-0.05, 0) is 35.7 Å². The molecule has 13 heteroatoms. The van der Waals surface area contributed by atoms with Crippen molar-refractivity contribution < 1.29 is 29.1 Å². The fraction of sp³-hybridized carbons (Fsp3) is 0.304. The van der Waals surface area contributed by atoms with Crippen molar-refractivity contribution in [3.63, 3.8) is 0 Å². The van der Waals surface area contributed by atoms with Crippen molar-refractivity contribution in [2.45, 2.75) is 24.9 Å². The van der Waals surface area contributed by atoms with E-state index in [4.69, 9.17) is 11.5 Å². The number of aliphatic imine (C=N–C) groups is 1. The van der Waals surface area contributed by atoms with Gasteiger partial charge in [0.15, 0.2) is 5.96 Å². The van der Waals surface area contributed by atoms with E-state index in [2.05, 4.69) is 20.9 Å². The Morgan fingerprint density at radius 1 is 1.11 bits per heavy atom. The molecule has 3 rings (SSSR count). The van der Waals surface area contributed by atoms with E-state index in [0.717, 1.165) is 15.7 Å². The highest BCUT2D eigenvalue weighted by Gasteiger charge is 2.38. The SMILES string of the molecule is NC(N)=NCCCC1NC(=O)N(CC(=O)NCC(NC(=O)c2ccc3ccccc3c2)C(=O)O)C1=O. The van der Waals surface area contributed by atoms with Crippen LogP contribution in [-0.2, 0) is 14.4 Å². The number of hydrogen-bond acceptors (Lipinski definition) is 6. The lowest BCUT2D eigenvalue weighted by atomic mass is 10.1. The number of nitrogens with zero attached hydrogens (tertiary/aromatic N) is 2. The predicted octanol–water partition coefficient (Wildman–Crippen LogP) is -0.887. The first-order valence-corrected chi connectivity index (χ1v) is 11.1. The summed E-state index contributed by atoms with van der Waals surface area (Å²) in [5.41, 5.74) is 10.7. The lowest BCUT2D eigenvalue weighted by molar-refractivity contribution is -0.139. The van der Waals surface area contributed by atoms with E-state index in [1.807, 2.05) is 24.3 Å². The molecule has 1 heterocycles. The van der Waals surface area contributed by atoms with Gasteiger partial charge in [-0.3, -0.25) is 24.3 Å². The Bertz CT molecular complexity index is 1210. The van der Waals surface area contributed by atoms with Crippen LogP contribution in [0.2, 0.25) is 0 Å². The van der Waals surface area contributed by atoms with E-state index in [1.54, 1.807) is 18.2 Å². The van der Waals surface area contributed by atoms with Gasteiger partial charge < -0.3 is 32.5 Å². The van der Waals surface area contributed by atoms with Gasteiger partial charge in [0, 0.05) is 18.7 Å². The third-order valence-electron chi connectivity index (χ3n) is 5.47. The van der Waals surface area contributed by atoms with Crippen LogP contribution in [0.15, 0.2) is 47.5 Å². The molecule has 2 aromatic carbocycles. The number of guanidine groups is 1. The summed E-state index contributed by atoms with van der Waals surface area (Å²) < 4.78 is 0. The Balaban J connectivity index is 1.52. The highest BCUT2D eigenvalue weighted by Crippen LogP contribution is 2.16. The molecule has 1 aliphatic rings. The van der Waals surface area contributed by atoms with Gasteiger partial charge in [-0.2, -0.15) is 0 Å². The van der Waals surface area contributed by atoms with Crippen LogP contribution in [0.25, 0.3) is 10.8 Å². The number of imide groups is 1. The summed E-state index contributed by atoms with van der Waals surface area (Å²) in [6.07, 6.45) is 0.715. The van der Waals surface area contributed by atoms with Crippen LogP contribution in [0.4, 0.5) is 4.79 Å². The third-order valence-corrected chi connectivity index (χ3v) is 5.47. The maximum absolute atomic E-state index is 12.6. The molecule has 36 heavy (non-hydrogen) atoms. The molecular formula is C23H27N7O6. The number of rotatable bonds is 11. The maximum Gasteiger partial charge on any atom is 0.328 e. The van der Waals surface area contributed by atoms with Crippen LogP contribution >= 0.6 is 0 Å². The lowest BCUT2D eigenvalue weighted by Crippen LogP contribution is -2.50. The number of carboxylic acid groups (broad SMARTS) is 1. The Morgan fingerprint density at radius 3 is 2.53 bits per heavy atom. The molecule has 190 valence electrons. The van der Waals surface area contributed by atoms with E-state index < -0.39 is 54.9 Å². The van der Waals surface area contributed by atoms with Crippen LogP contribution in [0.3, 0.4) is 0 Å². The van der Waals surface area contributed by atoms with Gasteiger partial charge in [0.1, 0.15) is 18.6 Å². The third kappa shape index (κ3) is 6.68. The van der Waals surface area contributed by atoms with Crippen molar-refractivity contribution in [1.82, 2.24) is 20.9 Å². The van der Waals surface area contributed by atoms with Gasteiger partial charge in [-0.15, -0.1) is 0 Å². The van der Waals surface area contributed by atoms with Crippen LogP contribution in [0.1, 0.15) is 23.2 Å². The average molecular weight is 498 g/mol. The molecule has 2 unspecified atom stereocenters. The van der Waals surface area contributed by atoms with Gasteiger partial charge in [-0.1, -0.05) is 30.3 Å². The first-order valence-electron chi connectivity index (χ1n) is 11.1. The minimum absolute atomic E-state index is 0.0804. The molecule has 2 aromatic rings. The number of nitrogens with two attached hydrogens (primary N) is 2. The van der Waals surface area contributed by atoms with E-state index in [-0.39, 0.29) is 24.5 Å². The number of carbonyl (C=O) groups is 5. The summed E-state index contributed by atoms with van der Waals surface area (Å²) in [7, 11) is 0. The Labute approximate surface area is 205 Å². The predicted molar refractivity (Wildman–Crippen MR) is 130 cm³/mol. The average Bonchev–Trinajstić information content (AvgIpc) is 3.11. The number of benzene rings is 2. The monoisotopic (exact) mass is 497 g/mol. The molecule has 0 radical (unpaired) electrons. The summed E-state index contributed by atoms with van der Waals surface area (Å²) in [5.74, 6) is -3.41. The van der Waals surface area contributed by atoms with Gasteiger partial charge in [0.05, 0.1) is 0 Å². The molecule has 2 atom stereocenters. The molecule has 1 fully saturated rings. The standard InChI is InChI=1S/C23H27N7O6/c24-22(25)26-9-3-6-16-20(33)30(23(36)29-16)12-18(31)27-11-17(21(34)35)28-19(32)15-8-7-13-4-1-2-5-14(13)10-15/h1-2,4-5,7-8,10,16-17H,3,6,9,11-12H2,(H,27,31)(H,28,32)(H,29,36)(H,34,35)(H4,24,25,26). The molecule has 0 spiro atoms. The molecule has 0 aromatic heterocycles. The largest absolute Gasteiger partial charge is 0.480 e. The summed E-state index contributed by atoms with van der Waals surface area (Å²) in [6, 6.07) is 9.35. The second kappa shape index (κ2) is 11.6. The molecule has 8 N–H and O–H groups in total. The molecule has 5 amide bonds. The zero-order valence-electron chi connectivity index (χ0n) is 19.3. The summed E-state index contributed by atoms with van der Waals surface area (Å²) in [4.78, 5) is 65.6. The van der Waals surface area contributed by atoms with Crippen LogP contribution in [-0.4, -0.2) is 77.4 Å². The fourth-order valence-corrected chi connectivity index (χ4v) is 3.61. The number of urea groups is 1. The van der Waals surface area contributed by atoms with Gasteiger partial charge in [0.2, 0.25) is 5.91 Å². The fourth-order valence-electron chi connectivity index (χ4n) is 3.61. The van der Waals surface area contributed by atoms with E-state index >= 15 is 0 Å². The highest BCUT2D eigenvalue weighted by molar-refractivity contribution is 6.06. The topological polar surface area (TPSA) is 209 Å². The van der Waals surface area contributed by atoms with Gasteiger partial charge in [0.25, 0.3) is 11.8 Å². The molecule has 0 bridgehead atoms. The number of fused-ring (bicyclic) bond motifs is 1. The molecule has 13 nitrogen and oxygen atoms in total. The van der Waals surface area contributed by atoms with Crippen LogP contribution < -0.4 is 27.4 Å². The van der Waals surface area contributed by atoms with Crippen molar-refractivity contribution in [1.29, 1.82) is 0 Å².